The molecule has 150 valence electrons. The highest BCUT2D eigenvalue weighted by molar-refractivity contribution is 5.61. The summed E-state index contributed by atoms with van der Waals surface area (Å²) >= 11 is 0. The SMILES string of the molecule is COc1cccc(-c2cccc(CN(Cc3ccccn3)Cc3ccccn3)n2)c1. The number of pyridine rings is 3. The summed E-state index contributed by atoms with van der Waals surface area (Å²) in [6.07, 6.45) is 3.66. The predicted octanol–water partition coefficient (Wildman–Crippen LogP) is 4.75. The summed E-state index contributed by atoms with van der Waals surface area (Å²) in [5.74, 6) is 0.826. The zero-order valence-corrected chi connectivity index (χ0v) is 17.0. The molecular formula is C25H24N4O. The Hall–Kier alpha value is -3.57. The molecule has 0 unspecified atom stereocenters. The molecule has 0 aliphatic rings. The smallest absolute Gasteiger partial charge is 0.119 e. The van der Waals surface area contributed by atoms with Crippen LogP contribution in [0.15, 0.2) is 91.3 Å². The van der Waals surface area contributed by atoms with Crippen LogP contribution in [0.2, 0.25) is 0 Å². The minimum absolute atomic E-state index is 0.699. The summed E-state index contributed by atoms with van der Waals surface area (Å²) in [5, 5.41) is 0. The van der Waals surface area contributed by atoms with Crippen LogP contribution in [0.5, 0.6) is 5.75 Å². The third-order valence-corrected chi connectivity index (χ3v) is 4.78. The monoisotopic (exact) mass is 396 g/mol. The van der Waals surface area contributed by atoms with E-state index in [9.17, 15) is 0 Å². The van der Waals surface area contributed by atoms with Gasteiger partial charge in [0.25, 0.3) is 0 Å². The van der Waals surface area contributed by atoms with Gasteiger partial charge in [-0.2, -0.15) is 0 Å². The first-order chi connectivity index (χ1) is 14.8. The maximum atomic E-state index is 5.35. The normalized spacial score (nSPS) is 10.9. The zero-order valence-electron chi connectivity index (χ0n) is 17.0. The molecule has 0 radical (unpaired) electrons. The van der Waals surface area contributed by atoms with Crippen molar-refractivity contribution < 1.29 is 4.74 Å². The summed E-state index contributed by atoms with van der Waals surface area (Å²) < 4.78 is 5.35. The van der Waals surface area contributed by atoms with E-state index in [0.717, 1.165) is 47.2 Å². The minimum Gasteiger partial charge on any atom is -0.497 e. The van der Waals surface area contributed by atoms with Crippen molar-refractivity contribution >= 4 is 0 Å². The molecule has 0 atom stereocenters. The van der Waals surface area contributed by atoms with Gasteiger partial charge in [-0.3, -0.25) is 19.9 Å². The number of aromatic nitrogens is 3. The highest BCUT2D eigenvalue weighted by Crippen LogP contribution is 2.23. The molecule has 0 aliphatic carbocycles. The highest BCUT2D eigenvalue weighted by atomic mass is 16.5. The van der Waals surface area contributed by atoms with Crippen LogP contribution in [0.1, 0.15) is 17.1 Å². The molecule has 4 aromatic rings. The number of rotatable bonds is 8. The van der Waals surface area contributed by atoms with Gasteiger partial charge in [-0.1, -0.05) is 30.3 Å². The van der Waals surface area contributed by atoms with Crippen LogP contribution in [-0.2, 0) is 19.6 Å². The van der Waals surface area contributed by atoms with Gasteiger partial charge in [0, 0.05) is 37.6 Å². The Kier molecular flexibility index (Phi) is 6.42. The van der Waals surface area contributed by atoms with Gasteiger partial charge in [0.2, 0.25) is 0 Å². The van der Waals surface area contributed by atoms with Crippen molar-refractivity contribution in [3.8, 4) is 17.0 Å². The van der Waals surface area contributed by atoms with Gasteiger partial charge in [0.05, 0.1) is 29.9 Å². The largest absolute Gasteiger partial charge is 0.497 e. The van der Waals surface area contributed by atoms with Crippen molar-refractivity contribution in [2.45, 2.75) is 19.6 Å². The summed E-state index contributed by atoms with van der Waals surface area (Å²) in [5.41, 5.74) is 5.02. The van der Waals surface area contributed by atoms with Crippen molar-refractivity contribution in [2.75, 3.05) is 7.11 Å². The van der Waals surface area contributed by atoms with Crippen LogP contribution in [0, 0.1) is 0 Å². The van der Waals surface area contributed by atoms with Crippen LogP contribution in [0.25, 0.3) is 11.3 Å². The Morgan fingerprint density at radius 2 is 1.33 bits per heavy atom. The maximum absolute atomic E-state index is 5.35. The summed E-state index contributed by atoms with van der Waals surface area (Å²) in [6.45, 7) is 2.15. The molecule has 3 heterocycles. The average molecular weight is 396 g/mol. The van der Waals surface area contributed by atoms with Crippen LogP contribution in [0.4, 0.5) is 0 Å². The molecule has 0 bridgehead atoms. The molecule has 0 saturated heterocycles. The second-order valence-corrected chi connectivity index (χ2v) is 7.03. The highest BCUT2D eigenvalue weighted by Gasteiger charge is 2.12. The molecule has 1 aromatic carbocycles. The van der Waals surface area contributed by atoms with Crippen molar-refractivity contribution in [3.05, 3.63) is 108 Å². The summed E-state index contributed by atoms with van der Waals surface area (Å²) in [4.78, 5) is 16.2. The Morgan fingerprint density at radius 3 is 1.97 bits per heavy atom. The van der Waals surface area contributed by atoms with E-state index >= 15 is 0 Å². The van der Waals surface area contributed by atoms with Crippen LogP contribution >= 0.6 is 0 Å². The van der Waals surface area contributed by atoms with Gasteiger partial charge in [-0.25, -0.2) is 0 Å². The minimum atomic E-state index is 0.699. The fourth-order valence-corrected chi connectivity index (χ4v) is 3.35. The van der Waals surface area contributed by atoms with Gasteiger partial charge in [-0.15, -0.1) is 0 Å². The molecule has 4 rings (SSSR count). The number of hydrogen-bond donors (Lipinski definition) is 0. The molecule has 0 amide bonds. The van der Waals surface area contributed by atoms with Gasteiger partial charge < -0.3 is 4.74 Å². The Balaban J connectivity index is 1.57. The van der Waals surface area contributed by atoms with Crippen LogP contribution < -0.4 is 4.74 Å². The van der Waals surface area contributed by atoms with Crippen LogP contribution in [-0.4, -0.2) is 27.0 Å². The van der Waals surface area contributed by atoms with Gasteiger partial charge in [0.1, 0.15) is 5.75 Å². The standard InChI is InChI=1S/C25H24N4O/c1-30-24-12-6-8-20(16-24)25-13-7-11-23(28-25)19-29(17-21-9-2-4-14-26-21)18-22-10-3-5-15-27-22/h2-16H,17-19H2,1H3. The van der Waals surface area contributed by atoms with Crippen LogP contribution in [0.3, 0.4) is 0 Å². The van der Waals surface area contributed by atoms with E-state index < -0.39 is 0 Å². The Morgan fingerprint density at radius 1 is 0.700 bits per heavy atom. The van der Waals surface area contributed by atoms with Crippen molar-refractivity contribution in [3.63, 3.8) is 0 Å². The second-order valence-electron chi connectivity index (χ2n) is 7.03. The molecule has 0 saturated carbocycles. The average Bonchev–Trinajstić information content (AvgIpc) is 2.80. The number of hydrogen-bond acceptors (Lipinski definition) is 5. The lowest BCUT2D eigenvalue weighted by atomic mass is 10.1. The van der Waals surface area contributed by atoms with E-state index in [1.54, 1.807) is 7.11 Å². The van der Waals surface area contributed by atoms with E-state index in [2.05, 4.69) is 27.0 Å². The van der Waals surface area contributed by atoms with Gasteiger partial charge in [0.15, 0.2) is 0 Å². The first-order valence-electron chi connectivity index (χ1n) is 9.93. The van der Waals surface area contributed by atoms with Gasteiger partial charge in [-0.05, 0) is 48.5 Å². The molecule has 3 aromatic heterocycles. The lowest BCUT2D eigenvalue weighted by molar-refractivity contribution is 0.239. The fourth-order valence-electron chi connectivity index (χ4n) is 3.35. The molecule has 5 heteroatoms. The fraction of sp³-hybridized carbons (Fsp3) is 0.160. The first kappa shape index (κ1) is 19.7. The molecule has 0 aliphatic heterocycles. The van der Waals surface area contributed by atoms with Crippen molar-refractivity contribution in [2.24, 2.45) is 0 Å². The number of nitrogens with zero attached hydrogens (tertiary/aromatic N) is 4. The predicted molar refractivity (Wildman–Crippen MR) is 118 cm³/mol. The lowest BCUT2D eigenvalue weighted by Gasteiger charge is -2.21. The molecule has 0 spiro atoms. The van der Waals surface area contributed by atoms with Crippen molar-refractivity contribution in [1.82, 2.24) is 19.9 Å². The first-order valence-corrected chi connectivity index (χ1v) is 9.93. The maximum Gasteiger partial charge on any atom is 0.119 e. The Bertz CT molecular complexity index is 1030. The van der Waals surface area contributed by atoms with E-state index in [4.69, 9.17) is 9.72 Å². The summed E-state index contributed by atoms with van der Waals surface area (Å²) in [7, 11) is 1.68. The number of benzene rings is 1. The number of methoxy groups -OCH3 is 1. The molecule has 30 heavy (non-hydrogen) atoms. The molecule has 5 nitrogen and oxygen atoms in total. The zero-order chi connectivity index (χ0) is 20.6. The van der Waals surface area contributed by atoms with Crippen molar-refractivity contribution in [1.29, 1.82) is 0 Å². The molecule has 0 N–H and O–H groups in total. The van der Waals surface area contributed by atoms with E-state index in [1.165, 1.54) is 0 Å². The quantitative estimate of drug-likeness (QED) is 0.430. The lowest BCUT2D eigenvalue weighted by Crippen LogP contribution is -2.24. The second kappa shape index (κ2) is 9.76. The number of ether oxygens (including phenoxy) is 1. The third-order valence-electron chi connectivity index (χ3n) is 4.78. The molecule has 0 fully saturated rings. The topological polar surface area (TPSA) is 51.1 Å². The van der Waals surface area contributed by atoms with Gasteiger partial charge >= 0.3 is 0 Å². The summed E-state index contributed by atoms with van der Waals surface area (Å²) in [6, 6.07) is 26.1. The van der Waals surface area contributed by atoms with E-state index in [0.29, 0.717) is 6.54 Å². The Labute approximate surface area is 177 Å². The molecular weight excluding hydrogens is 372 g/mol. The third kappa shape index (κ3) is 5.27. The van der Waals surface area contributed by atoms with E-state index in [-0.39, 0.29) is 0 Å². The van der Waals surface area contributed by atoms with E-state index in [1.807, 2.05) is 79.1 Å².